The van der Waals surface area contributed by atoms with Crippen LogP contribution in [0.4, 0.5) is 9.52 Å². The number of thiazole rings is 1. The highest BCUT2D eigenvalue weighted by Gasteiger charge is 2.21. The fraction of sp³-hybridized carbons (Fsp3) is 0.130. The molecule has 4 rings (SSSR count). The number of fused-ring (bicyclic) bond motifs is 1. The van der Waals surface area contributed by atoms with Crippen LogP contribution in [-0.2, 0) is 11.3 Å². The van der Waals surface area contributed by atoms with Gasteiger partial charge in [-0.3, -0.25) is 9.69 Å². The molecule has 3 aromatic carbocycles. The average molecular weight is 422 g/mol. The van der Waals surface area contributed by atoms with E-state index in [1.54, 1.807) is 24.1 Å². The van der Waals surface area contributed by atoms with Crippen molar-refractivity contribution in [3.63, 3.8) is 0 Å². The topological polar surface area (TPSA) is 51.7 Å². The highest BCUT2D eigenvalue weighted by Crippen LogP contribution is 2.32. The van der Waals surface area contributed by atoms with E-state index >= 15 is 0 Å². The van der Waals surface area contributed by atoms with Crippen LogP contribution in [0.5, 0.6) is 11.5 Å². The summed E-state index contributed by atoms with van der Waals surface area (Å²) in [6, 6.07) is 21.2. The van der Waals surface area contributed by atoms with Crippen molar-refractivity contribution >= 4 is 32.6 Å². The Hall–Kier alpha value is -3.45. The number of para-hydroxylation sites is 1. The monoisotopic (exact) mass is 422 g/mol. The Bertz CT molecular complexity index is 1160. The second kappa shape index (κ2) is 8.92. The van der Waals surface area contributed by atoms with Crippen LogP contribution < -0.4 is 14.4 Å². The maximum Gasteiger partial charge on any atom is 0.267 e. The number of carbonyl (C=O) groups excluding carboxylic acids is 1. The third kappa shape index (κ3) is 4.41. The van der Waals surface area contributed by atoms with Gasteiger partial charge in [0.2, 0.25) is 0 Å². The highest BCUT2D eigenvalue weighted by molar-refractivity contribution is 7.22. The Morgan fingerprint density at radius 3 is 2.60 bits per heavy atom. The number of ether oxygens (including phenoxy) is 2. The summed E-state index contributed by atoms with van der Waals surface area (Å²) in [5.41, 5.74) is 1.73. The van der Waals surface area contributed by atoms with Crippen LogP contribution in [0, 0.1) is 5.82 Å². The van der Waals surface area contributed by atoms with Gasteiger partial charge in [0.1, 0.15) is 5.75 Å². The van der Waals surface area contributed by atoms with Crippen molar-refractivity contribution in [1.29, 1.82) is 0 Å². The van der Waals surface area contributed by atoms with Gasteiger partial charge >= 0.3 is 0 Å². The van der Waals surface area contributed by atoms with E-state index in [1.165, 1.54) is 23.5 Å². The van der Waals surface area contributed by atoms with Crippen LogP contribution in [0.1, 0.15) is 5.56 Å². The smallest absolute Gasteiger partial charge is 0.267 e. The van der Waals surface area contributed by atoms with Gasteiger partial charge in [-0.25, -0.2) is 9.37 Å². The van der Waals surface area contributed by atoms with Crippen LogP contribution in [0.2, 0.25) is 0 Å². The zero-order valence-corrected chi connectivity index (χ0v) is 17.1. The third-order valence-electron chi connectivity index (χ3n) is 4.49. The van der Waals surface area contributed by atoms with E-state index in [0.29, 0.717) is 11.7 Å². The number of amides is 1. The Kier molecular flexibility index (Phi) is 5.90. The number of anilines is 1. The molecule has 1 heterocycles. The van der Waals surface area contributed by atoms with Gasteiger partial charge in [-0.15, -0.1) is 0 Å². The number of rotatable bonds is 7. The molecule has 0 aliphatic heterocycles. The van der Waals surface area contributed by atoms with Crippen LogP contribution in [0.15, 0.2) is 72.8 Å². The van der Waals surface area contributed by atoms with Gasteiger partial charge in [0.15, 0.2) is 23.3 Å². The quantitative estimate of drug-likeness (QED) is 0.418. The van der Waals surface area contributed by atoms with Crippen molar-refractivity contribution < 1.29 is 18.7 Å². The molecule has 30 heavy (non-hydrogen) atoms. The molecule has 4 aromatic rings. The van der Waals surface area contributed by atoms with E-state index in [-0.39, 0.29) is 18.3 Å². The lowest BCUT2D eigenvalue weighted by Crippen LogP contribution is -2.34. The van der Waals surface area contributed by atoms with E-state index in [9.17, 15) is 9.18 Å². The number of hydrogen-bond acceptors (Lipinski definition) is 5. The van der Waals surface area contributed by atoms with Crippen LogP contribution in [0.25, 0.3) is 10.2 Å². The molecule has 0 aliphatic rings. The number of aromatic nitrogens is 1. The summed E-state index contributed by atoms with van der Waals surface area (Å²) in [4.78, 5) is 19.2. The summed E-state index contributed by atoms with van der Waals surface area (Å²) < 4.78 is 25.5. The number of carbonyl (C=O) groups is 1. The van der Waals surface area contributed by atoms with E-state index in [2.05, 4.69) is 4.98 Å². The molecule has 0 fully saturated rings. The molecule has 0 aliphatic carbocycles. The Morgan fingerprint density at radius 2 is 1.83 bits per heavy atom. The molecule has 7 heteroatoms. The standard InChI is InChI=1S/C23H19FN2O3S/c1-28-17-11-12-19-21(13-17)30-23(25-19)26(14-16-7-3-2-4-8-16)22(27)15-29-20-10-6-5-9-18(20)24/h2-13H,14-15H2,1H3. The number of nitrogens with zero attached hydrogens (tertiary/aromatic N) is 2. The fourth-order valence-electron chi connectivity index (χ4n) is 2.94. The molecule has 1 aromatic heterocycles. The molecule has 0 atom stereocenters. The summed E-state index contributed by atoms with van der Waals surface area (Å²) >= 11 is 1.39. The minimum absolute atomic E-state index is 0.0412. The Labute approximate surface area is 177 Å². The molecule has 0 saturated carbocycles. The minimum Gasteiger partial charge on any atom is -0.497 e. The van der Waals surface area contributed by atoms with Gasteiger partial charge in [-0.05, 0) is 35.9 Å². The van der Waals surface area contributed by atoms with Gasteiger partial charge in [-0.1, -0.05) is 53.8 Å². The second-order valence-corrected chi connectivity index (χ2v) is 7.52. The van der Waals surface area contributed by atoms with Crippen LogP contribution in [0.3, 0.4) is 0 Å². The number of hydrogen-bond donors (Lipinski definition) is 0. The third-order valence-corrected chi connectivity index (χ3v) is 5.53. The van der Waals surface area contributed by atoms with Gasteiger partial charge in [0.25, 0.3) is 5.91 Å². The maximum absolute atomic E-state index is 13.8. The molecule has 1 amide bonds. The predicted octanol–water partition coefficient (Wildman–Crippen LogP) is 5.06. The van der Waals surface area contributed by atoms with Crippen LogP contribution in [-0.4, -0.2) is 24.6 Å². The molecule has 0 spiro atoms. The summed E-state index contributed by atoms with van der Waals surface area (Å²) in [6.45, 7) is 0.0320. The number of benzene rings is 3. The van der Waals surface area contributed by atoms with Crippen molar-refractivity contribution in [2.75, 3.05) is 18.6 Å². The molecule has 0 N–H and O–H groups in total. The van der Waals surface area contributed by atoms with Crippen molar-refractivity contribution in [2.45, 2.75) is 6.54 Å². The average Bonchev–Trinajstić information content (AvgIpc) is 3.20. The van der Waals surface area contributed by atoms with Gasteiger partial charge in [0, 0.05) is 0 Å². The molecule has 0 bridgehead atoms. The number of halogens is 1. The summed E-state index contributed by atoms with van der Waals surface area (Å²) in [5.74, 6) is -0.0545. The number of methoxy groups -OCH3 is 1. The van der Waals surface area contributed by atoms with E-state index in [1.807, 2.05) is 48.5 Å². The molecule has 0 radical (unpaired) electrons. The lowest BCUT2D eigenvalue weighted by Gasteiger charge is -2.20. The van der Waals surface area contributed by atoms with E-state index in [0.717, 1.165) is 21.5 Å². The fourth-order valence-corrected chi connectivity index (χ4v) is 3.95. The molecular formula is C23H19FN2O3S. The zero-order chi connectivity index (χ0) is 20.9. The molecular weight excluding hydrogens is 403 g/mol. The Morgan fingerprint density at radius 1 is 1.07 bits per heavy atom. The first-order valence-electron chi connectivity index (χ1n) is 9.30. The van der Waals surface area contributed by atoms with Crippen molar-refractivity contribution in [3.05, 3.63) is 84.2 Å². The summed E-state index contributed by atoms with van der Waals surface area (Å²) in [5, 5.41) is 0.546. The maximum atomic E-state index is 13.8. The highest BCUT2D eigenvalue weighted by atomic mass is 32.1. The summed E-state index contributed by atoms with van der Waals surface area (Å²) in [7, 11) is 1.61. The van der Waals surface area contributed by atoms with Crippen molar-refractivity contribution in [2.24, 2.45) is 0 Å². The molecule has 5 nitrogen and oxygen atoms in total. The van der Waals surface area contributed by atoms with E-state index < -0.39 is 5.82 Å². The minimum atomic E-state index is -0.507. The second-order valence-electron chi connectivity index (χ2n) is 6.51. The van der Waals surface area contributed by atoms with E-state index in [4.69, 9.17) is 9.47 Å². The first kappa shape index (κ1) is 19.8. The SMILES string of the molecule is COc1ccc2nc(N(Cc3ccccc3)C(=O)COc3ccccc3F)sc2c1. The first-order chi connectivity index (χ1) is 14.6. The lowest BCUT2D eigenvalue weighted by atomic mass is 10.2. The lowest BCUT2D eigenvalue weighted by molar-refractivity contribution is -0.120. The molecule has 152 valence electrons. The van der Waals surface area contributed by atoms with Crippen molar-refractivity contribution in [1.82, 2.24) is 4.98 Å². The Balaban J connectivity index is 1.62. The summed E-state index contributed by atoms with van der Waals surface area (Å²) in [6.07, 6.45) is 0. The largest absolute Gasteiger partial charge is 0.497 e. The predicted molar refractivity (Wildman–Crippen MR) is 116 cm³/mol. The normalized spacial score (nSPS) is 10.7. The molecule has 0 saturated heterocycles. The van der Waals surface area contributed by atoms with Gasteiger partial charge in [0.05, 0.1) is 23.9 Å². The first-order valence-corrected chi connectivity index (χ1v) is 10.1. The van der Waals surface area contributed by atoms with Crippen LogP contribution >= 0.6 is 11.3 Å². The molecule has 0 unspecified atom stereocenters. The van der Waals surface area contributed by atoms with Gasteiger partial charge < -0.3 is 9.47 Å². The van der Waals surface area contributed by atoms with Gasteiger partial charge in [-0.2, -0.15) is 0 Å². The van der Waals surface area contributed by atoms with Crippen molar-refractivity contribution in [3.8, 4) is 11.5 Å². The zero-order valence-electron chi connectivity index (χ0n) is 16.2.